The molecule has 0 saturated heterocycles. The smallest absolute Gasteiger partial charge is 0.257 e. The topological polar surface area (TPSA) is 74.3 Å². The lowest BCUT2D eigenvalue weighted by Gasteiger charge is -2.22. The molecule has 1 unspecified atom stereocenters. The fourth-order valence-electron chi connectivity index (χ4n) is 2.87. The highest BCUT2D eigenvalue weighted by atomic mass is 16.2. The van der Waals surface area contributed by atoms with Gasteiger partial charge in [-0.05, 0) is 63.9 Å². The van der Waals surface area contributed by atoms with Crippen molar-refractivity contribution < 1.29 is 9.59 Å². The Hall–Kier alpha value is -2.89. The van der Waals surface area contributed by atoms with Gasteiger partial charge < -0.3 is 15.5 Å². The van der Waals surface area contributed by atoms with Crippen molar-refractivity contribution in [3.8, 4) is 0 Å². The summed E-state index contributed by atoms with van der Waals surface area (Å²) >= 11 is 0. The molecule has 28 heavy (non-hydrogen) atoms. The van der Waals surface area contributed by atoms with E-state index in [9.17, 15) is 9.59 Å². The average Bonchev–Trinajstić information content (AvgIpc) is 2.70. The number of pyridine rings is 1. The minimum absolute atomic E-state index is 0.0666. The van der Waals surface area contributed by atoms with Gasteiger partial charge in [-0.3, -0.25) is 14.6 Å². The highest BCUT2D eigenvalue weighted by molar-refractivity contribution is 6.06. The minimum Gasteiger partial charge on any atom is -0.372 e. The highest BCUT2D eigenvalue weighted by Gasteiger charge is 2.14. The number of amides is 2. The monoisotopic (exact) mass is 382 g/mol. The fourth-order valence-corrected chi connectivity index (χ4v) is 2.87. The quantitative estimate of drug-likeness (QED) is 0.723. The van der Waals surface area contributed by atoms with Crippen LogP contribution in [0.3, 0.4) is 0 Å². The van der Waals surface area contributed by atoms with Gasteiger partial charge >= 0.3 is 0 Å². The van der Waals surface area contributed by atoms with Crippen molar-refractivity contribution in [1.82, 2.24) is 10.3 Å². The SMILES string of the molecule is CCC(C)NC(=O)c1cncc(C(=O)Nc2ccc(N(CC)CC)cc2C)c1. The first kappa shape index (κ1) is 21.4. The lowest BCUT2D eigenvalue weighted by atomic mass is 10.1. The molecule has 0 saturated carbocycles. The van der Waals surface area contributed by atoms with Gasteiger partial charge in [-0.2, -0.15) is 0 Å². The van der Waals surface area contributed by atoms with Crippen LogP contribution < -0.4 is 15.5 Å². The summed E-state index contributed by atoms with van der Waals surface area (Å²) in [4.78, 5) is 31.2. The van der Waals surface area contributed by atoms with Crippen LogP contribution >= 0.6 is 0 Å². The van der Waals surface area contributed by atoms with Crippen LogP contribution in [0.15, 0.2) is 36.7 Å². The van der Waals surface area contributed by atoms with Gasteiger partial charge in [0.25, 0.3) is 11.8 Å². The molecule has 0 aliphatic rings. The molecule has 1 atom stereocenters. The van der Waals surface area contributed by atoms with Gasteiger partial charge in [0.15, 0.2) is 0 Å². The van der Waals surface area contributed by atoms with Gasteiger partial charge in [-0.25, -0.2) is 0 Å². The summed E-state index contributed by atoms with van der Waals surface area (Å²) in [7, 11) is 0. The number of aryl methyl sites for hydroxylation is 1. The fraction of sp³-hybridized carbons (Fsp3) is 0.409. The average molecular weight is 383 g/mol. The van der Waals surface area contributed by atoms with E-state index < -0.39 is 0 Å². The molecule has 0 aliphatic carbocycles. The molecular formula is C22H30N4O2. The number of benzene rings is 1. The molecule has 0 spiro atoms. The number of nitrogens with one attached hydrogen (secondary N) is 2. The summed E-state index contributed by atoms with van der Waals surface area (Å²) in [6.45, 7) is 12.0. The Kier molecular flexibility index (Phi) is 7.55. The maximum Gasteiger partial charge on any atom is 0.257 e. The number of carbonyl (C=O) groups is 2. The summed E-state index contributed by atoms with van der Waals surface area (Å²) in [5.74, 6) is -0.513. The molecule has 2 aromatic rings. The van der Waals surface area contributed by atoms with E-state index in [1.807, 2.05) is 32.9 Å². The summed E-state index contributed by atoms with van der Waals surface area (Å²) in [5, 5.41) is 5.80. The zero-order chi connectivity index (χ0) is 20.7. The number of carbonyl (C=O) groups excluding carboxylic acids is 2. The first-order chi connectivity index (χ1) is 13.4. The largest absolute Gasteiger partial charge is 0.372 e. The molecule has 6 nitrogen and oxygen atoms in total. The summed E-state index contributed by atoms with van der Waals surface area (Å²) in [6.07, 6.45) is 3.77. The molecule has 0 radical (unpaired) electrons. The second kappa shape index (κ2) is 9.88. The Morgan fingerprint density at radius 3 is 2.25 bits per heavy atom. The zero-order valence-electron chi connectivity index (χ0n) is 17.4. The van der Waals surface area contributed by atoms with E-state index in [1.54, 1.807) is 6.07 Å². The molecule has 6 heteroatoms. The standard InChI is InChI=1S/C22H30N4O2/c1-6-16(5)24-21(27)17-12-18(14-23-13-17)22(28)25-20-10-9-19(11-15(20)4)26(7-2)8-3/h9-14,16H,6-8H2,1-5H3,(H,24,27)(H,25,28). The Morgan fingerprint density at radius 1 is 1.04 bits per heavy atom. The van der Waals surface area contributed by atoms with E-state index >= 15 is 0 Å². The predicted octanol–water partition coefficient (Wildman–Crippen LogP) is 4.02. The van der Waals surface area contributed by atoms with Gasteiger partial charge in [-0.1, -0.05) is 6.92 Å². The van der Waals surface area contributed by atoms with Crippen molar-refractivity contribution in [2.24, 2.45) is 0 Å². The summed E-state index contributed by atoms with van der Waals surface area (Å²) in [6, 6.07) is 7.62. The third-order valence-electron chi connectivity index (χ3n) is 4.84. The molecule has 1 aromatic carbocycles. The third-order valence-corrected chi connectivity index (χ3v) is 4.84. The van der Waals surface area contributed by atoms with Gasteiger partial charge in [0.2, 0.25) is 0 Å². The zero-order valence-corrected chi connectivity index (χ0v) is 17.4. The number of hydrogen-bond donors (Lipinski definition) is 2. The van der Waals surface area contributed by atoms with E-state index in [0.29, 0.717) is 11.1 Å². The summed E-state index contributed by atoms with van der Waals surface area (Å²) in [5.41, 5.74) is 3.59. The number of rotatable bonds is 8. The van der Waals surface area contributed by atoms with Crippen molar-refractivity contribution in [3.63, 3.8) is 0 Å². The van der Waals surface area contributed by atoms with Gasteiger partial charge in [0.05, 0.1) is 11.1 Å². The molecule has 0 aliphatic heterocycles. The lowest BCUT2D eigenvalue weighted by Crippen LogP contribution is -2.32. The molecule has 2 amide bonds. The minimum atomic E-state index is -0.288. The molecule has 150 valence electrons. The Balaban J connectivity index is 2.15. The Morgan fingerprint density at radius 2 is 1.68 bits per heavy atom. The number of anilines is 2. The molecule has 2 N–H and O–H groups in total. The van der Waals surface area contributed by atoms with E-state index in [-0.39, 0.29) is 17.9 Å². The molecule has 1 aromatic heterocycles. The van der Waals surface area contributed by atoms with E-state index in [4.69, 9.17) is 0 Å². The first-order valence-electron chi connectivity index (χ1n) is 9.82. The van der Waals surface area contributed by atoms with E-state index in [2.05, 4.69) is 40.4 Å². The lowest BCUT2D eigenvalue weighted by molar-refractivity contribution is 0.0939. The van der Waals surface area contributed by atoms with Crippen molar-refractivity contribution in [1.29, 1.82) is 0 Å². The van der Waals surface area contributed by atoms with Crippen LogP contribution in [0.4, 0.5) is 11.4 Å². The van der Waals surface area contributed by atoms with E-state index in [0.717, 1.165) is 36.4 Å². The Bertz CT molecular complexity index is 831. The molecule has 0 bridgehead atoms. The van der Waals surface area contributed by atoms with Crippen LogP contribution in [0, 0.1) is 6.92 Å². The van der Waals surface area contributed by atoms with Gasteiger partial charge in [0.1, 0.15) is 0 Å². The van der Waals surface area contributed by atoms with Gasteiger partial charge in [0, 0.05) is 42.9 Å². The molecule has 1 heterocycles. The number of hydrogen-bond acceptors (Lipinski definition) is 4. The van der Waals surface area contributed by atoms with E-state index in [1.165, 1.54) is 12.4 Å². The number of aromatic nitrogens is 1. The third kappa shape index (κ3) is 5.31. The second-order valence-electron chi connectivity index (χ2n) is 6.87. The Labute approximate surface area is 167 Å². The normalized spacial score (nSPS) is 11.6. The van der Waals surface area contributed by atoms with Crippen LogP contribution in [0.5, 0.6) is 0 Å². The van der Waals surface area contributed by atoms with Crippen LogP contribution in [0.2, 0.25) is 0 Å². The van der Waals surface area contributed by atoms with Crippen LogP contribution in [-0.4, -0.2) is 35.9 Å². The summed E-state index contributed by atoms with van der Waals surface area (Å²) < 4.78 is 0. The molecular weight excluding hydrogens is 352 g/mol. The second-order valence-corrected chi connectivity index (χ2v) is 6.87. The highest BCUT2D eigenvalue weighted by Crippen LogP contribution is 2.23. The van der Waals surface area contributed by atoms with Crippen molar-refractivity contribution >= 4 is 23.2 Å². The first-order valence-corrected chi connectivity index (χ1v) is 9.82. The molecule has 2 rings (SSSR count). The van der Waals surface area contributed by atoms with Crippen molar-refractivity contribution in [2.75, 3.05) is 23.3 Å². The van der Waals surface area contributed by atoms with Crippen LogP contribution in [0.25, 0.3) is 0 Å². The van der Waals surface area contributed by atoms with Crippen LogP contribution in [0.1, 0.15) is 60.4 Å². The maximum atomic E-state index is 12.7. The predicted molar refractivity (Wildman–Crippen MR) is 114 cm³/mol. The van der Waals surface area contributed by atoms with Gasteiger partial charge in [-0.15, -0.1) is 0 Å². The van der Waals surface area contributed by atoms with Crippen molar-refractivity contribution in [2.45, 2.75) is 47.1 Å². The maximum absolute atomic E-state index is 12.7. The number of nitrogens with zero attached hydrogens (tertiary/aromatic N) is 2. The van der Waals surface area contributed by atoms with Crippen LogP contribution in [-0.2, 0) is 0 Å². The van der Waals surface area contributed by atoms with Crippen molar-refractivity contribution in [3.05, 3.63) is 53.3 Å². The molecule has 0 fully saturated rings.